The second-order valence-corrected chi connectivity index (χ2v) is 5.88. The average Bonchev–Trinajstić information content (AvgIpc) is 2.92. The van der Waals surface area contributed by atoms with E-state index in [9.17, 15) is 0 Å². The molecule has 0 spiro atoms. The summed E-state index contributed by atoms with van der Waals surface area (Å²) in [6, 6.07) is 0.548. The summed E-state index contributed by atoms with van der Waals surface area (Å²) < 4.78 is 5.80. The zero-order valence-electron chi connectivity index (χ0n) is 12.1. The summed E-state index contributed by atoms with van der Waals surface area (Å²) in [7, 11) is 0. The van der Waals surface area contributed by atoms with Crippen LogP contribution in [0.5, 0.6) is 0 Å². The number of nitrogens with two attached hydrogens (primary N) is 1. The molecule has 0 heterocycles. The molecule has 0 aromatic carbocycles. The van der Waals surface area contributed by atoms with E-state index in [1.54, 1.807) is 0 Å². The van der Waals surface area contributed by atoms with Gasteiger partial charge in [-0.25, -0.2) is 0 Å². The van der Waals surface area contributed by atoms with E-state index in [2.05, 4.69) is 10.3 Å². The monoisotopic (exact) mass is 267 g/mol. The molecular formula is C15H29N3O. The molecule has 0 unspecified atom stereocenters. The lowest BCUT2D eigenvalue weighted by atomic mass is 9.96. The zero-order valence-corrected chi connectivity index (χ0v) is 12.1. The fourth-order valence-corrected chi connectivity index (χ4v) is 3.07. The highest BCUT2D eigenvalue weighted by molar-refractivity contribution is 5.78. The molecule has 2 saturated carbocycles. The van der Waals surface area contributed by atoms with Crippen molar-refractivity contribution in [3.05, 3.63) is 0 Å². The molecule has 110 valence electrons. The number of nitrogens with zero attached hydrogens (tertiary/aromatic N) is 1. The molecule has 0 saturated heterocycles. The molecule has 0 bridgehead atoms. The molecule has 0 atom stereocenters. The molecule has 2 fully saturated rings. The van der Waals surface area contributed by atoms with Gasteiger partial charge in [0.15, 0.2) is 5.96 Å². The van der Waals surface area contributed by atoms with Gasteiger partial charge in [-0.05, 0) is 32.1 Å². The lowest BCUT2D eigenvalue weighted by molar-refractivity contribution is 0.0579. The third kappa shape index (κ3) is 5.81. The summed E-state index contributed by atoms with van der Waals surface area (Å²) >= 11 is 0. The van der Waals surface area contributed by atoms with E-state index in [0.717, 1.165) is 19.6 Å². The number of aliphatic imine (C=N–C) groups is 1. The van der Waals surface area contributed by atoms with Crippen LogP contribution < -0.4 is 11.1 Å². The molecule has 2 rings (SSSR count). The van der Waals surface area contributed by atoms with Crippen molar-refractivity contribution in [1.82, 2.24) is 5.32 Å². The summed E-state index contributed by atoms with van der Waals surface area (Å²) in [6.45, 7) is 1.60. The lowest BCUT2D eigenvalue weighted by Gasteiger charge is -2.23. The normalized spacial score (nSPS) is 22.8. The van der Waals surface area contributed by atoms with Crippen LogP contribution in [0.1, 0.15) is 64.2 Å². The maximum atomic E-state index is 5.91. The molecule has 3 N–H and O–H groups in total. The first-order valence-electron chi connectivity index (χ1n) is 8.02. The second-order valence-electron chi connectivity index (χ2n) is 5.88. The zero-order chi connectivity index (χ0) is 13.3. The van der Waals surface area contributed by atoms with Crippen LogP contribution in [0.15, 0.2) is 4.99 Å². The van der Waals surface area contributed by atoms with E-state index in [1.165, 1.54) is 57.8 Å². The van der Waals surface area contributed by atoms with Crippen LogP contribution in [0.25, 0.3) is 0 Å². The SMILES string of the molecule is NC(=NCCCOC1CCCC1)NC1CCCCC1. The maximum absolute atomic E-state index is 5.91. The molecule has 0 aromatic heterocycles. The minimum atomic E-state index is 0.515. The van der Waals surface area contributed by atoms with Gasteiger partial charge in [0.2, 0.25) is 0 Å². The van der Waals surface area contributed by atoms with Crippen LogP contribution in [0.2, 0.25) is 0 Å². The van der Waals surface area contributed by atoms with Crippen molar-refractivity contribution in [2.45, 2.75) is 76.4 Å². The Bertz CT molecular complexity index is 269. The van der Waals surface area contributed by atoms with Crippen LogP contribution in [-0.2, 0) is 4.74 Å². The van der Waals surface area contributed by atoms with Gasteiger partial charge in [0.1, 0.15) is 0 Å². The van der Waals surface area contributed by atoms with E-state index in [0.29, 0.717) is 18.1 Å². The van der Waals surface area contributed by atoms with Gasteiger partial charge in [0.05, 0.1) is 6.10 Å². The quantitative estimate of drug-likeness (QED) is 0.442. The van der Waals surface area contributed by atoms with Crippen LogP contribution in [-0.4, -0.2) is 31.3 Å². The van der Waals surface area contributed by atoms with Gasteiger partial charge in [-0.1, -0.05) is 32.1 Å². The summed E-state index contributed by atoms with van der Waals surface area (Å²) in [5.74, 6) is 0.618. The summed E-state index contributed by atoms with van der Waals surface area (Å²) in [5, 5.41) is 3.34. The van der Waals surface area contributed by atoms with E-state index in [4.69, 9.17) is 10.5 Å². The van der Waals surface area contributed by atoms with Crippen molar-refractivity contribution >= 4 is 5.96 Å². The first-order chi connectivity index (χ1) is 9.34. The fourth-order valence-electron chi connectivity index (χ4n) is 3.07. The fraction of sp³-hybridized carbons (Fsp3) is 0.933. The van der Waals surface area contributed by atoms with Crippen LogP contribution in [0.4, 0.5) is 0 Å². The molecule has 19 heavy (non-hydrogen) atoms. The second kappa shape index (κ2) is 8.41. The number of rotatable bonds is 6. The van der Waals surface area contributed by atoms with E-state index in [1.807, 2.05) is 0 Å². The average molecular weight is 267 g/mol. The number of ether oxygens (including phenoxy) is 1. The van der Waals surface area contributed by atoms with Gasteiger partial charge >= 0.3 is 0 Å². The maximum Gasteiger partial charge on any atom is 0.188 e. The van der Waals surface area contributed by atoms with Gasteiger partial charge in [0, 0.05) is 19.2 Å². The van der Waals surface area contributed by atoms with Crippen LogP contribution >= 0.6 is 0 Å². The van der Waals surface area contributed by atoms with Gasteiger partial charge in [-0.3, -0.25) is 4.99 Å². The Labute approximate surface area is 117 Å². The summed E-state index contributed by atoms with van der Waals surface area (Å²) in [5.41, 5.74) is 5.91. The minimum absolute atomic E-state index is 0.515. The highest BCUT2D eigenvalue weighted by Gasteiger charge is 2.15. The smallest absolute Gasteiger partial charge is 0.188 e. The molecule has 0 aromatic rings. The summed E-state index contributed by atoms with van der Waals surface area (Å²) in [6.07, 6.45) is 13.1. The molecule has 0 amide bonds. The molecule has 4 nitrogen and oxygen atoms in total. The van der Waals surface area contributed by atoms with Crippen molar-refractivity contribution in [3.8, 4) is 0 Å². The predicted octanol–water partition coefficient (Wildman–Crippen LogP) is 2.57. The van der Waals surface area contributed by atoms with Crippen molar-refractivity contribution in [1.29, 1.82) is 0 Å². The van der Waals surface area contributed by atoms with Crippen LogP contribution in [0.3, 0.4) is 0 Å². The Morgan fingerprint density at radius 2 is 1.74 bits per heavy atom. The highest BCUT2D eigenvalue weighted by atomic mass is 16.5. The standard InChI is InChI=1S/C15H29N3O/c16-15(18-13-7-2-1-3-8-13)17-11-6-12-19-14-9-4-5-10-14/h13-14H,1-12H2,(H3,16,17,18). The number of hydrogen-bond donors (Lipinski definition) is 2. The molecule has 2 aliphatic carbocycles. The number of guanidine groups is 1. The highest BCUT2D eigenvalue weighted by Crippen LogP contribution is 2.20. The Morgan fingerprint density at radius 1 is 1.05 bits per heavy atom. The third-order valence-electron chi connectivity index (χ3n) is 4.20. The Balaban J connectivity index is 1.51. The first kappa shape index (κ1) is 14.6. The van der Waals surface area contributed by atoms with Crippen molar-refractivity contribution in [3.63, 3.8) is 0 Å². The van der Waals surface area contributed by atoms with E-state index < -0.39 is 0 Å². The van der Waals surface area contributed by atoms with Gasteiger partial charge in [-0.2, -0.15) is 0 Å². The molecule has 0 radical (unpaired) electrons. The van der Waals surface area contributed by atoms with E-state index >= 15 is 0 Å². The number of hydrogen-bond acceptors (Lipinski definition) is 2. The van der Waals surface area contributed by atoms with Gasteiger partial charge < -0.3 is 15.8 Å². The predicted molar refractivity (Wildman–Crippen MR) is 79.3 cm³/mol. The van der Waals surface area contributed by atoms with E-state index in [-0.39, 0.29) is 0 Å². The van der Waals surface area contributed by atoms with Crippen LogP contribution in [0, 0.1) is 0 Å². The molecule has 0 aliphatic heterocycles. The summed E-state index contributed by atoms with van der Waals surface area (Å²) in [4.78, 5) is 4.39. The van der Waals surface area contributed by atoms with Gasteiger partial charge in [-0.15, -0.1) is 0 Å². The Morgan fingerprint density at radius 3 is 2.47 bits per heavy atom. The van der Waals surface area contributed by atoms with Gasteiger partial charge in [0.25, 0.3) is 0 Å². The molecule has 2 aliphatic rings. The Hall–Kier alpha value is -0.770. The van der Waals surface area contributed by atoms with Crippen molar-refractivity contribution in [2.75, 3.05) is 13.2 Å². The van der Waals surface area contributed by atoms with Crippen molar-refractivity contribution in [2.24, 2.45) is 10.7 Å². The topological polar surface area (TPSA) is 59.6 Å². The first-order valence-corrected chi connectivity index (χ1v) is 8.02. The Kier molecular flexibility index (Phi) is 6.48. The lowest BCUT2D eigenvalue weighted by Crippen LogP contribution is -2.41. The minimum Gasteiger partial charge on any atom is -0.378 e. The molecule has 4 heteroatoms. The largest absolute Gasteiger partial charge is 0.378 e. The third-order valence-corrected chi connectivity index (χ3v) is 4.20. The number of nitrogens with one attached hydrogen (secondary N) is 1. The van der Waals surface area contributed by atoms with Crippen molar-refractivity contribution < 1.29 is 4.74 Å². The molecular weight excluding hydrogens is 238 g/mol.